The van der Waals surface area contributed by atoms with Crippen molar-refractivity contribution in [3.05, 3.63) is 30.1 Å². The van der Waals surface area contributed by atoms with Gasteiger partial charge in [-0.15, -0.1) is 0 Å². The van der Waals surface area contributed by atoms with Crippen LogP contribution >= 0.6 is 0 Å². The van der Waals surface area contributed by atoms with Gasteiger partial charge in [0.2, 0.25) is 0 Å². The molecule has 0 bridgehead atoms. The number of pyridine rings is 1. The van der Waals surface area contributed by atoms with Crippen LogP contribution in [0.1, 0.15) is 44.1 Å². The van der Waals surface area contributed by atoms with Crippen molar-refractivity contribution in [1.29, 1.82) is 0 Å². The largest absolute Gasteiger partial charge is 0.476 e. The number of anilines is 1. The van der Waals surface area contributed by atoms with E-state index in [0.29, 0.717) is 17.4 Å². The van der Waals surface area contributed by atoms with Crippen molar-refractivity contribution in [2.45, 2.75) is 39.7 Å². The highest BCUT2D eigenvalue weighted by Gasteiger charge is 2.19. The molecule has 2 heterocycles. The molecule has 0 fully saturated rings. The van der Waals surface area contributed by atoms with Crippen molar-refractivity contribution in [2.24, 2.45) is 5.92 Å². The number of nitrogens with one attached hydrogen (secondary N) is 1. The smallest absolute Gasteiger partial charge is 0.356 e. The van der Waals surface area contributed by atoms with E-state index in [-0.39, 0.29) is 11.7 Å². The summed E-state index contributed by atoms with van der Waals surface area (Å²) in [6, 6.07) is 5.64. The monoisotopic (exact) mass is 275 g/mol. The molecule has 0 saturated carbocycles. The first kappa shape index (κ1) is 14.4. The van der Waals surface area contributed by atoms with Crippen molar-refractivity contribution in [3.63, 3.8) is 0 Å². The van der Waals surface area contributed by atoms with E-state index in [1.165, 1.54) is 0 Å². The zero-order valence-electron chi connectivity index (χ0n) is 12.1. The fraction of sp³-hybridized carbons (Fsp3) is 0.467. The molecule has 1 unspecified atom stereocenters. The van der Waals surface area contributed by atoms with Gasteiger partial charge in [0.1, 0.15) is 5.65 Å². The number of imidazole rings is 1. The summed E-state index contributed by atoms with van der Waals surface area (Å²) in [6.45, 7) is 6.42. The summed E-state index contributed by atoms with van der Waals surface area (Å²) in [5, 5.41) is 12.6. The van der Waals surface area contributed by atoms with Crippen LogP contribution in [0.25, 0.3) is 5.65 Å². The Hall–Kier alpha value is -2.04. The molecule has 0 aliphatic carbocycles. The lowest BCUT2D eigenvalue weighted by molar-refractivity contribution is 0.0690. The highest BCUT2D eigenvalue weighted by molar-refractivity contribution is 5.93. The van der Waals surface area contributed by atoms with Crippen molar-refractivity contribution >= 4 is 17.4 Å². The van der Waals surface area contributed by atoms with Gasteiger partial charge in [-0.05, 0) is 37.8 Å². The second-order valence-electron chi connectivity index (χ2n) is 5.56. The van der Waals surface area contributed by atoms with E-state index in [9.17, 15) is 9.90 Å². The summed E-state index contributed by atoms with van der Waals surface area (Å²) >= 11 is 0. The van der Waals surface area contributed by atoms with Gasteiger partial charge in [-0.25, -0.2) is 9.78 Å². The molecule has 2 aromatic heterocycles. The molecule has 0 radical (unpaired) electrons. The minimum Gasteiger partial charge on any atom is -0.476 e. The Morgan fingerprint density at radius 1 is 1.35 bits per heavy atom. The predicted molar refractivity (Wildman–Crippen MR) is 79.3 cm³/mol. The standard InChI is InChI=1S/C15H21N3O2/c1-10(2)7-8-11(3)16-14-13(15(19)20)18-9-5-4-6-12(18)17-14/h4-6,9-11,16H,7-8H2,1-3H3,(H,19,20). The van der Waals surface area contributed by atoms with Gasteiger partial charge < -0.3 is 10.4 Å². The number of nitrogens with zero attached hydrogens (tertiary/aromatic N) is 2. The number of hydrogen-bond donors (Lipinski definition) is 2. The number of carboxylic acids is 1. The molecule has 0 aliphatic heterocycles. The molecule has 5 heteroatoms. The van der Waals surface area contributed by atoms with Crippen LogP contribution in [0.3, 0.4) is 0 Å². The maximum Gasteiger partial charge on any atom is 0.356 e. The third-order valence-corrected chi connectivity index (χ3v) is 3.29. The van der Waals surface area contributed by atoms with E-state index < -0.39 is 5.97 Å². The topological polar surface area (TPSA) is 66.6 Å². The quantitative estimate of drug-likeness (QED) is 0.849. The highest BCUT2D eigenvalue weighted by atomic mass is 16.4. The number of carbonyl (C=O) groups is 1. The average Bonchev–Trinajstić information content (AvgIpc) is 2.74. The van der Waals surface area contributed by atoms with Crippen molar-refractivity contribution < 1.29 is 9.90 Å². The molecule has 2 N–H and O–H groups in total. The molecule has 0 saturated heterocycles. The van der Waals surface area contributed by atoms with Gasteiger partial charge in [-0.1, -0.05) is 19.9 Å². The molecule has 5 nitrogen and oxygen atoms in total. The lowest BCUT2D eigenvalue weighted by Crippen LogP contribution is -2.18. The number of carboxylic acid groups (broad SMARTS) is 1. The molecule has 108 valence electrons. The molecule has 1 atom stereocenters. The number of hydrogen-bond acceptors (Lipinski definition) is 3. The molecule has 2 aromatic rings. The highest BCUT2D eigenvalue weighted by Crippen LogP contribution is 2.20. The number of fused-ring (bicyclic) bond motifs is 1. The first-order chi connectivity index (χ1) is 9.49. The van der Waals surface area contributed by atoms with Crippen LogP contribution < -0.4 is 5.32 Å². The maximum absolute atomic E-state index is 11.4. The van der Waals surface area contributed by atoms with Gasteiger partial charge in [-0.2, -0.15) is 0 Å². The Morgan fingerprint density at radius 3 is 2.75 bits per heavy atom. The second-order valence-corrected chi connectivity index (χ2v) is 5.56. The summed E-state index contributed by atoms with van der Waals surface area (Å²) in [5.41, 5.74) is 0.834. The zero-order valence-corrected chi connectivity index (χ0v) is 12.1. The van der Waals surface area contributed by atoms with E-state index in [1.807, 2.05) is 6.07 Å². The molecule has 0 aliphatic rings. The molecule has 0 spiro atoms. The second kappa shape index (κ2) is 5.94. The van der Waals surface area contributed by atoms with Crippen molar-refractivity contribution in [3.8, 4) is 0 Å². The average molecular weight is 275 g/mol. The number of aromatic nitrogens is 2. The summed E-state index contributed by atoms with van der Waals surface area (Å²) in [5.74, 6) is 0.112. The Bertz CT molecular complexity index is 604. The summed E-state index contributed by atoms with van der Waals surface area (Å²) < 4.78 is 1.60. The van der Waals surface area contributed by atoms with Crippen LogP contribution in [-0.2, 0) is 0 Å². The van der Waals surface area contributed by atoms with Crippen LogP contribution in [-0.4, -0.2) is 26.5 Å². The molecule has 0 amide bonds. The third kappa shape index (κ3) is 3.10. The predicted octanol–water partition coefficient (Wildman–Crippen LogP) is 3.27. The Balaban J connectivity index is 2.25. The first-order valence-corrected chi connectivity index (χ1v) is 6.96. The van der Waals surface area contributed by atoms with E-state index in [2.05, 4.69) is 31.1 Å². The van der Waals surface area contributed by atoms with Gasteiger partial charge in [0, 0.05) is 12.2 Å². The SMILES string of the molecule is CC(C)CCC(C)Nc1nc2ccccn2c1C(=O)O. The van der Waals surface area contributed by atoms with Gasteiger partial charge in [0.25, 0.3) is 0 Å². The number of aromatic carboxylic acids is 1. The first-order valence-electron chi connectivity index (χ1n) is 6.96. The summed E-state index contributed by atoms with van der Waals surface area (Å²) in [6.07, 6.45) is 3.81. The zero-order chi connectivity index (χ0) is 14.7. The minimum absolute atomic E-state index is 0.192. The molecule has 0 aromatic carbocycles. The van der Waals surface area contributed by atoms with Crippen LogP contribution in [0.15, 0.2) is 24.4 Å². The van der Waals surface area contributed by atoms with E-state index >= 15 is 0 Å². The van der Waals surface area contributed by atoms with E-state index in [4.69, 9.17) is 0 Å². The fourth-order valence-corrected chi connectivity index (χ4v) is 2.19. The van der Waals surface area contributed by atoms with Gasteiger partial charge in [0.05, 0.1) is 0 Å². The molecular weight excluding hydrogens is 254 g/mol. The third-order valence-electron chi connectivity index (χ3n) is 3.29. The van der Waals surface area contributed by atoms with Crippen LogP contribution in [0, 0.1) is 5.92 Å². The van der Waals surface area contributed by atoms with Gasteiger partial charge in [0.15, 0.2) is 11.5 Å². The molecule has 2 rings (SSSR count). The minimum atomic E-state index is -0.970. The summed E-state index contributed by atoms with van der Waals surface area (Å²) in [4.78, 5) is 15.8. The molecule has 20 heavy (non-hydrogen) atoms. The Kier molecular flexibility index (Phi) is 4.27. The normalized spacial score (nSPS) is 12.8. The number of rotatable bonds is 6. The maximum atomic E-state index is 11.4. The van der Waals surface area contributed by atoms with Crippen molar-refractivity contribution in [2.75, 3.05) is 5.32 Å². The van der Waals surface area contributed by atoms with Crippen LogP contribution in [0.5, 0.6) is 0 Å². The lowest BCUT2D eigenvalue weighted by atomic mass is 10.0. The fourth-order valence-electron chi connectivity index (χ4n) is 2.19. The Labute approximate surface area is 118 Å². The lowest BCUT2D eigenvalue weighted by Gasteiger charge is -2.15. The van der Waals surface area contributed by atoms with Crippen molar-refractivity contribution in [1.82, 2.24) is 9.38 Å². The van der Waals surface area contributed by atoms with E-state index in [0.717, 1.165) is 12.8 Å². The van der Waals surface area contributed by atoms with Gasteiger partial charge >= 0.3 is 5.97 Å². The molecular formula is C15H21N3O2. The Morgan fingerprint density at radius 2 is 2.10 bits per heavy atom. The van der Waals surface area contributed by atoms with Crippen LogP contribution in [0.4, 0.5) is 5.82 Å². The van der Waals surface area contributed by atoms with Crippen LogP contribution in [0.2, 0.25) is 0 Å². The van der Waals surface area contributed by atoms with E-state index in [1.54, 1.807) is 22.7 Å². The van der Waals surface area contributed by atoms with Gasteiger partial charge in [-0.3, -0.25) is 4.40 Å². The summed E-state index contributed by atoms with van der Waals surface area (Å²) in [7, 11) is 0.